The summed E-state index contributed by atoms with van der Waals surface area (Å²) in [4.78, 5) is 17.3. The zero-order valence-electron chi connectivity index (χ0n) is 11.5. The quantitative estimate of drug-likeness (QED) is 0.831. The maximum atomic E-state index is 14.2. The fraction of sp³-hybridized carbons (Fsp3) is 0.286. The molecule has 6 heteroatoms. The summed E-state index contributed by atoms with van der Waals surface area (Å²) < 4.78 is 14.2. The molecule has 1 amide bonds. The molecule has 0 fully saturated rings. The topological polar surface area (TPSA) is 71.2 Å². The number of nitrogens with one attached hydrogen (secondary N) is 1. The molecule has 5 nitrogen and oxygen atoms in total. The van der Waals surface area contributed by atoms with Gasteiger partial charge in [-0.3, -0.25) is 9.78 Å². The van der Waals surface area contributed by atoms with Gasteiger partial charge >= 0.3 is 0 Å². The van der Waals surface area contributed by atoms with Crippen LogP contribution in [0.25, 0.3) is 10.9 Å². The largest absolute Gasteiger partial charge is 0.398 e. The lowest BCUT2D eigenvalue weighted by molar-refractivity contribution is -0.119. The molecule has 0 bridgehead atoms. The fourth-order valence-corrected chi connectivity index (χ4v) is 2.13. The number of rotatable bonds is 4. The minimum atomic E-state index is -0.486. The first-order valence-electron chi connectivity index (χ1n) is 6.35. The molecule has 106 valence electrons. The van der Waals surface area contributed by atoms with Gasteiger partial charge in [-0.1, -0.05) is 0 Å². The lowest BCUT2D eigenvalue weighted by Gasteiger charge is -2.21. The Morgan fingerprint density at radius 3 is 3.00 bits per heavy atom. The summed E-state index contributed by atoms with van der Waals surface area (Å²) >= 11 is 0. The predicted octanol–water partition coefficient (Wildman–Crippen LogP) is 1.53. The van der Waals surface area contributed by atoms with Crippen molar-refractivity contribution in [3.8, 4) is 0 Å². The number of nitrogens with two attached hydrogens (primary N) is 1. The highest BCUT2D eigenvalue weighted by molar-refractivity contribution is 5.99. The number of anilines is 2. The van der Waals surface area contributed by atoms with Gasteiger partial charge in [0, 0.05) is 30.9 Å². The molecule has 1 aromatic carbocycles. The van der Waals surface area contributed by atoms with E-state index in [0.717, 1.165) is 0 Å². The van der Waals surface area contributed by atoms with Crippen molar-refractivity contribution in [3.05, 3.63) is 30.2 Å². The molecule has 0 aliphatic heterocycles. The molecule has 0 saturated carbocycles. The van der Waals surface area contributed by atoms with Crippen LogP contribution in [-0.4, -0.2) is 31.0 Å². The van der Waals surface area contributed by atoms with Gasteiger partial charge in [-0.15, -0.1) is 0 Å². The standard InChI is InChI=1S/C14H17FN4O/c1-3-17-12(20)8-19(2)14-10(15)7-11(16)9-5-4-6-18-13(9)14/h4-7H,3,8,16H2,1-2H3,(H,17,20). The van der Waals surface area contributed by atoms with Crippen LogP contribution in [0.1, 0.15) is 6.92 Å². The minimum absolute atomic E-state index is 0.0559. The Hall–Kier alpha value is -2.37. The van der Waals surface area contributed by atoms with Crippen LogP contribution < -0.4 is 16.0 Å². The van der Waals surface area contributed by atoms with Crippen molar-refractivity contribution in [2.24, 2.45) is 0 Å². The molecule has 0 unspecified atom stereocenters. The summed E-state index contributed by atoms with van der Waals surface area (Å²) in [7, 11) is 1.65. The number of carbonyl (C=O) groups excluding carboxylic acids is 1. The van der Waals surface area contributed by atoms with Gasteiger partial charge in [0.25, 0.3) is 0 Å². The maximum absolute atomic E-state index is 14.2. The number of likely N-dealkylation sites (N-methyl/N-ethyl adjacent to an activating group) is 2. The number of benzene rings is 1. The van der Waals surface area contributed by atoms with E-state index in [1.165, 1.54) is 11.0 Å². The Morgan fingerprint density at radius 1 is 1.55 bits per heavy atom. The normalized spacial score (nSPS) is 10.6. The molecule has 0 aliphatic rings. The number of fused-ring (bicyclic) bond motifs is 1. The van der Waals surface area contributed by atoms with Gasteiger partial charge in [0.15, 0.2) is 5.82 Å². The highest BCUT2D eigenvalue weighted by Crippen LogP contribution is 2.31. The summed E-state index contributed by atoms with van der Waals surface area (Å²) in [6.45, 7) is 2.43. The molecule has 20 heavy (non-hydrogen) atoms. The van der Waals surface area contributed by atoms with Crippen molar-refractivity contribution < 1.29 is 9.18 Å². The molecular weight excluding hydrogens is 259 g/mol. The van der Waals surface area contributed by atoms with E-state index in [0.29, 0.717) is 23.1 Å². The van der Waals surface area contributed by atoms with E-state index in [2.05, 4.69) is 10.3 Å². The molecular formula is C14H17FN4O. The summed E-state index contributed by atoms with van der Waals surface area (Å²) in [5.41, 5.74) is 6.87. The number of nitrogens with zero attached hydrogens (tertiary/aromatic N) is 2. The summed E-state index contributed by atoms with van der Waals surface area (Å²) in [6.07, 6.45) is 1.57. The second kappa shape index (κ2) is 5.73. The van der Waals surface area contributed by atoms with Crippen molar-refractivity contribution in [3.63, 3.8) is 0 Å². The lowest BCUT2D eigenvalue weighted by atomic mass is 10.1. The van der Waals surface area contributed by atoms with Crippen molar-refractivity contribution in [1.82, 2.24) is 10.3 Å². The first-order valence-corrected chi connectivity index (χ1v) is 6.35. The minimum Gasteiger partial charge on any atom is -0.398 e. The van der Waals surface area contributed by atoms with Crippen LogP contribution in [0, 0.1) is 5.82 Å². The van der Waals surface area contributed by atoms with Crippen molar-refractivity contribution in [2.75, 3.05) is 30.8 Å². The van der Waals surface area contributed by atoms with E-state index in [1.807, 2.05) is 6.92 Å². The number of amides is 1. The Labute approximate surface area is 116 Å². The Kier molecular flexibility index (Phi) is 4.02. The number of halogens is 1. The monoisotopic (exact) mass is 276 g/mol. The molecule has 1 aromatic heterocycles. The number of carbonyl (C=O) groups is 1. The Morgan fingerprint density at radius 2 is 2.30 bits per heavy atom. The second-order valence-electron chi connectivity index (χ2n) is 4.51. The fourth-order valence-electron chi connectivity index (χ4n) is 2.13. The number of nitrogen functional groups attached to an aromatic ring is 1. The van der Waals surface area contributed by atoms with E-state index in [-0.39, 0.29) is 18.1 Å². The molecule has 2 rings (SSSR count). The van der Waals surface area contributed by atoms with Gasteiger partial charge in [0.1, 0.15) is 0 Å². The number of hydrogen-bond acceptors (Lipinski definition) is 4. The van der Waals surface area contributed by atoms with Crippen LogP contribution in [-0.2, 0) is 4.79 Å². The van der Waals surface area contributed by atoms with E-state index in [4.69, 9.17) is 5.73 Å². The molecule has 3 N–H and O–H groups in total. The number of pyridine rings is 1. The summed E-state index contributed by atoms with van der Waals surface area (Å²) in [5, 5.41) is 3.35. The first-order chi connectivity index (χ1) is 9.54. The zero-order chi connectivity index (χ0) is 14.7. The molecule has 0 saturated heterocycles. The first kappa shape index (κ1) is 14.0. The summed E-state index contributed by atoms with van der Waals surface area (Å²) in [6, 6.07) is 4.78. The van der Waals surface area contributed by atoms with Crippen LogP contribution in [0.2, 0.25) is 0 Å². The van der Waals surface area contributed by atoms with Gasteiger partial charge < -0.3 is 16.0 Å². The average Bonchev–Trinajstić information content (AvgIpc) is 2.38. The second-order valence-corrected chi connectivity index (χ2v) is 4.51. The van der Waals surface area contributed by atoms with Crippen LogP contribution in [0.5, 0.6) is 0 Å². The third kappa shape index (κ3) is 2.64. The molecule has 0 atom stereocenters. The summed E-state index contributed by atoms with van der Waals surface area (Å²) in [5.74, 6) is -0.657. The van der Waals surface area contributed by atoms with E-state index in [1.54, 1.807) is 25.4 Å². The van der Waals surface area contributed by atoms with Crippen molar-refractivity contribution >= 4 is 28.2 Å². The van der Waals surface area contributed by atoms with Crippen molar-refractivity contribution in [2.45, 2.75) is 6.92 Å². The SMILES string of the molecule is CCNC(=O)CN(C)c1c(F)cc(N)c2cccnc12. The lowest BCUT2D eigenvalue weighted by Crippen LogP contribution is -2.35. The zero-order valence-corrected chi connectivity index (χ0v) is 11.5. The third-order valence-corrected chi connectivity index (χ3v) is 2.99. The van der Waals surface area contributed by atoms with E-state index < -0.39 is 5.82 Å². The van der Waals surface area contributed by atoms with Gasteiger partial charge in [-0.2, -0.15) is 0 Å². The maximum Gasteiger partial charge on any atom is 0.239 e. The van der Waals surface area contributed by atoms with Gasteiger partial charge in [-0.25, -0.2) is 4.39 Å². The highest BCUT2D eigenvalue weighted by Gasteiger charge is 2.17. The third-order valence-electron chi connectivity index (χ3n) is 2.99. The molecule has 0 spiro atoms. The van der Waals surface area contributed by atoms with Gasteiger partial charge in [0.05, 0.1) is 17.7 Å². The predicted molar refractivity (Wildman–Crippen MR) is 78.1 cm³/mol. The van der Waals surface area contributed by atoms with E-state index in [9.17, 15) is 9.18 Å². The smallest absolute Gasteiger partial charge is 0.239 e. The molecule has 2 aromatic rings. The van der Waals surface area contributed by atoms with Crippen LogP contribution >= 0.6 is 0 Å². The van der Waals surface area contributed by atoms with Gasteiger partial charge in [-0.05, 0) is 25.1 Å². The highest BCUT2D eigenvalue weighted by atomic mass is 19.1. The van der Waals surface area contributed by atoms with E-state index >= 15 is 0 Å². The van der Waals surface area contributed by atoms with Gasteiger partial charge in [0.2, 0.25) is 5.91 Å². The molecule has 0 radical (unpaired) electrons. The Bertz CT molecular complexity index is 644. The van der Waals surface area contributed by atoms with Crippen LogP contribution in [0.3, 0.4) is 0 Å². The molecule has 1 heterocycles. The molecule has 0 aliphatic carbocycles. The Balaban J connectivity index is 2.45. The number of hydrogen-bond donors (Lipinski definition) is 2. The van der Waals surface area contributed by atoms with Crippen molar-refractivity contribution in [1.29, 1.82) is 0 Å². The van der Waals surface area contributed by atoms with Crippen LogP contribution in [0.15, 0.2) is 24.4 Å². The number of aromatic nitrogens is 1. The average molecular weight is 276 g/mol. The van der Waals surface area contributed by atoms with Crippen LogP contribution in [0.4, 0.5) is 15.8 Å².